The van der Waals surface area contributed by atoms with Crippen LogP contribution in [0.3, 0.4) is 0 Å². The van der Waals surface area contributed by atoms with E-state index in [0.29, 0.717) is 17.3 Å². The lowest BCUT2D eigenvalue weighted by Crippen LogP contribution is -2.37. The number of nitrogens with zero attached hydrogens (tertiary/aromatic N) is 1. The van der Waals surface area contributed by atoms with E-state index in [1.807, 2.05) is 6.07 Å². The van der Waals surface area contributed by atoms with Gasteiger partial charge < -0.3 is 10.1 Å². The van der Waals surface area contributed by atoms with E-state index in [0.717, 1.165) is 16.1 Å². The number of rotatable bonds is 7. The first kappa shape index (κ1) is 20.5. The van der Waals surface area contributed by atoms with Crippen molar-refractivity contribution in [3.05, 3.63) is 58.1 Å². The maximum atomic E-state index is 12.4. The van der Waals surface area contributed by atoms with Crippen molar-refractivity contribution in [1.82, 2.24) is 0 Å². The Hall–Kier alpha value is -1.80. The minimum Gasteiger partial charge on any atom is -0.380 e. The summed E-state index contributed by atoms with van der Waals surface area (Å²) in [5.41, 5.74) is 1.60. The van der Waals surface area contributed by atoms with Crippen LogP contribution in [0.2, 0.25) is 10.0 Å². The van der Waals surface area contributed by atoms with Crippen molar-refractivity contribution in [2.24, 2.45) is 0 Å². The van der Waals surface area contributed by atoms with Gasteiger partial charge in [0.15, 0.2) is 0 Å². The number of anilines is 2. The number of ether oxygens (including phenoxy) is 1. The molecule has 2 rings (SSSR count). The highest BCUT2D eigenvalue weighted by molar-refractivity contribution is 7.92. The molecule has 0 atom stereocenters. The molecule has 140 valence electrons. The van der Waals surface area contributed by atoms with Crippen LogP contribution < -0.4 is 9.62 Å². The zero-order chi connectivity index (χ0) is 19.3. The molecule has 9 heteroatoms. The number of halogens is 2. The van der Waals surface area contributed by atoms with E-state index < -0.39 is 22.5 Å². The Morgan fingerprint density at radius 3 is 2.54 bits per heavy atom. The molecular formula is C17H18Cl2N2O4S. The lowest BCUT2D eigenvalue weighted by molar-refractivity contribution is -0.114. The molecule has 0 spiro atoms. The molecule has 0 aliphatic heterocycles. The van der Waals surface area contributed by atoms with Gasteiger partial charge in [-0.05, 0) is 35.9 Å². The lowest BCUT2D eigenvalue weighted by Gasteiger charge is -2.23. The lowest BCUT2D eigenvalue weighted by atomic mass is 10.2. The third kappa shape index (κ3) is 5.60. The molecule has 0 radical (unpaired) electrons. The molecule has 26 heavy (non-hydrogen) atoms. The van der Waals surface area contributed by atoms with Crippen LogP contribution in [0, 0.1) is 0 Å². The number of amides is 1. The molecule has 6 nitrogen and oxygen atoms in total. The van der Waals surface area contributed by atoms with Crippen molar-refractivity contribution < 1.29 is 17.9 Å². The first-order valence-electron chi connectivity index (χ1n) is 7.51. The van der Waals surface area contributed by atoms with E-state index in [1.165, 1.54) is 18.2 Å². The molecule has 0 heterocycles. The van der Waals surface area contributed by atoms with Crippen molar-refractivity contribution in [1.29, 1.82) is 0 Å². The van der Waals surface area contributed by atoms with Gasteiger partial charge in [-0.1, -0.05) is 35.3 Å². The number of hydrogen-bond acceptors (Lipinski definition) is 4. The highest BCUT2D eigenvalue weighted by Gasteiger charge is 2.23. The van der Waals surface area contributed by atoms with Crippen molar-refractivity contribution in [2.45, 2.75) is 6.61 Å². The number of carbonyl (C=O) groups excluding carboxylic acids is 1. The van der Waals surface area contributed by atoms with E-state index in [9.17, 15) is 13.2 Å². The largest absolute Gasteiger partial charge is 0.380 e. The van der Waals surface area contributed by atoms with Crippen LogP contribution in [-0.4, -0.2) is 34.2 Å². The van der Waals surface area contributed by atoms with Crippen LogP contribution in [0.1, 0.15) is 5.56 Å². The molecule has 0 aromatic heterocycles. The average Bonchev–Trinajstić information content (AvgIpc) is 2.53. The quantitative estimate of drug-likeness (QED) is 0.748. The molecule has 0 saturated heterocycles. The number of nitrogens with one attached hydrogen (secondary N) is 1. The number of carbonyl (C=O) groups is 1. The summed E-state index contributed by atoms with van der Waals surface area (Å²) in [7, 11) is -2.16. The number of sulfonamides is 1. The Labute approximate surface area is 162 Å². The molecule has 1 N–H and O–H groups in total. The van der Waals surface area contributed by atoms with Gasteiger partial charge in [-0.15, -0.1) is 0 Å². The van der Waals surface area contributed by atoms with Gasteiger partial charge in [0.05, 0.1) is 23.6 Å². The van der Waals surface area contributed by atoms with Gasteiger partial charge in [0.25, 0.3) is 0 Å². The number of hydrogen-bond donors (Lipinski definition) is 1. The Kier molecular flexibility index (Phi) is 6.88. The van der Waals surface area contributed by atoms with Gasteiger partial charge >= 0.3 is 0 Å². The second-order valence-electron chi connectivity index (χ2n) is 5.55. The van der Waals surface area contributed by atoms with Gasteiger partial charge in [-0.3, -0.25) is 9.10 Å². The summed E-state index contributed by atoms with van der Waals surface area (Å²) in [6.07, 6.45) is 1.00. The molecular weight excluding hydrogens is 399 g/mol. The maximum Gasteiger partial charge on any atom is 0.245 e. The molecule has 0 aliphatic rings. The summed E-state index contributed by atoms with van der Waals surface area (Å²) in [4.78, 5) is 12.4. The summed E-state index contributed by atoms with van der Waals surface area (Å²) < 4.78 is 30.3. The normalized spacial score (nSPS) is 11.2. The first-order valence-corrected chi connectivity index (χ1v) is 10.1. The zero-order valence-corrected chi connectivity index (χ0v) is 16.5. The van der Waals surface area contributed by atoms with E-state index in [2.05, 4.69) is 5.32 Å². The fourth-order valence-electron chi connectivity index (χ4n) is 2.30. The predicted molar refractivity (Wildman–Crippen MR) is 104 cm³/mol. The Balaban J connectivity index is 2.21. The summed E-state index contributed by atoms with van der Waals surface area (Å²) in [5.74, 6) is -0.504. The van der Waals surface area contributed by atoms with Crippen LogP contribution in [0.15, 0.2) is 42.5 Å². The van der Waals surface area contributed by atoms with Crippen LogP contribution in [0.4, 0.5) is 11.4 Å². The van der Waals surface area contributed by atoms with Crippen LogP contribution in [0.5, 0.6) is 0 Å². The molecule has 0 bridgehead atoms. The molecule has 0 unspecified atom stereocenters. The number of benzene rings is 2. The Bertz CT molecular complexity index is 903. The molecule has 1 amide bonds. The second kappa shape index (κ2) is 8.73. The van der Waals surface area contributed by atoms with Crippen molar-refractivity contribution in [3.8, 4) is 0 Å². The van der Waals surface area contributed by atoms with E-state index >= 15 is 0 Å². The van der Waals surface area contributed by atoms with Gasteiger partial charge in [0.1, 0.15) is 6.54 Å². The summed E-state index contributed by atoms with van der Waals surface area (Å²) in [5, 5.41) is 3.18. The highest BCUT2D eigenvalue weighted by atomic mass is 35.5. The smallest absolute Gasteiger partial charge is 0.245 e. The van der Waals surface area contributed by atoms with E-state index in [1.54, 1.807) is 25.3 Å². The average molecular weight is 417 g/mol. The Morgan fingerprint density at radius 1 is 1.19 bits per heavy atom. The summed E-state index contributed by atoms with van der Waals surface area (Å²) in [6.45, 7) is -0.0196. The molecule has 0 fully saturated rings. The summed E-state index contributed by atoms with van der Waals surface area (Å²) in [6, 6.07) is 11.5. The van der Waals surface area contributed by atoms with Crippen LogP contribution in [0.25, 0.3) is 0 Å². The van der Waals surface area contributed by atoms with E-state index in [-0.39, 0.29) is 10.7 Å². The summed E-state index contributed by atoms with van der Waals surface area (Å²) >= 11 is 11.9. The first-order chi connectivity index (χ1) is 12.2. The van der Waals surface area contributed by atoms with Crippen molar-refractivity contribution in [3.63, 3.8) is 0 Å². The fraction of sp³-hybridized carbons (Fsp3) is 0.235. The third-order valence-electron chi connectivity index (χ3n) is 3.39. The minimum absolute atomic E-state index is 0.137. The van der Waals surface area contributed by atoms with Crippen molar-refractivity contribution in [2.75, 3.05) is 29.5 Å². The topological polar surface area (TPSA) is 75.7 Å². The maximum absolute atomic E-state index is 12.4. The van der Waals surface area contributed by atoms with E-state index in [4.69, 9.17) is 27.9 Å². The Morgan fingerprint density at radius 2 is 1.92 bits per heavy atom. The standard InChI is InChI=1S/C17H18Cl2N2O4S/c1-25-11-12-4-3-5-14(8-12)20-17(22)10-21(26(2,23)24)16-7-6-13(18)9-15(16)19/h3-9H,10-11H2,1-2H3,(H,20,22). The molecule has 2 aromatic rings. The predicted octanol–water partition coefficient (Wildman–Crippen LogP) is 3.54. The molecule has 0 aliphatic carbocycles. The monoisotopic (exact) mass is 416 g/mol. The van der Waals surface area contributed by atoms with Gasteiger partial charge in [0, 0.05) is 17.8 Å². The van der Waals surface area contributed by atoms with Gasteiger partial charge in [0.2, 0.25) is 15.9 Å². The van der Waals surface area contributed by atoms with Crippen molar-refractivity contribution >= 4 is 50.5 Å². The van der Waals surface area contributed by atoms with Gasteiger partial charge in [-0.25, -0.2) is 8.42 Å². The molecule has 2 aromatic carbocycles. The number of methoxy groups -OCH3 is 1. The highest BCUT2D eigenvalue weighted by Crippen LogP contribution is 2.30. The SMILES string of the molecule is COCc1cccc(NC(=O)CN(c2ccc(Cl)cc2Cl)S(C)(=O)=O)c1. The minimum atomic E-state index is -3.73. The fourth-order valence-corrected chi connectivity index (χ4v) is 3.73. The van der Waals surface area contributed by atoms with Gasteiger partial charge in [-0.2, -0.15) is 0 Å². The second-order valence-corrected chi connectivity index (χ2v) is 8.30. The van der Waals surface area contributed by atoms with Crippen LogP contribution >= 0.6 is 23.2 Å². The van der Waals surface area contributed by atoms with Crippen LogP contribution in [-0.2, 0) is 26.2 Å². The zero-order valence-electron chi connectivity index (χ0n) is 14.2. The molecule has 0 saturated carbocycles. The third-order valence-corrected chi connectivity index (χ3v) is 5.05.